The smallest absolute Gasteiger partial charge is 0.313 e. The fraction of sp³-hybridized carbons (Fsp3) is 0.417. The second-order valence-corrected chi connectivity index (χ2v) is 3.73. The summed E-state index contributed by atoms with van der Waals surface area (Å²) in [6.45, 7) is 2.02. The summed E-state index contributed by atoms with van der Waals surface area (Å²) in [6, 6.07) is 5.28. The lowest BCUT2D eigenvalue weighted by atomic mass is 9.99. The normalized spacial score (nSPS) is 23.2. The summed E-state index contributed by atoms with van der Waals surface area (Å²) in [7, 11) is 0. The molecule has 1 aromatic heterocycles. The Bertz CT molecular complexity index is 418. The van der Waals surface area contributed by atoms with Crippen LogP contribution in [0.3, 0.4) is 0 Å². The van der Waals surface area contributed by atoms with Crippen molar-refractivity contribution >= 4 is 11.9 Å². The maximum atomic E-state index is 11.7. The van der Waals surface area contributed by atoms with Gasteiger partial charge in [-0.05, 0) is 19.1 Å². The van der Waals surface area contributed by atoms with Gasteiger partial charge < -0.3 is 9.47 Å². The topological polar surface area (TPSA) is 65.5 Å². The molecule has 1 saturated heterocycles. The van der Waals surface area contributed by atoms with Crippen LogP contribution < -0.4 is 0 Å². The van der Waals surface area contributed by atoms with Crippen molar-refractivity contribution in [1.82, 2.24) is 4.98 Å². The van der Waals surface area contributed by atoms with Gasteiger partial charge in [0, 0.05) is 6.20 Å². The molecule has 0 unspecified atom stereocenters. The van der Waals surface area contributed by atoms with E-state index in [0.717, 1.165) is 0 Å². The van der Waals surface area contributed by atoms with Crippen molar-refractivity contribution in [3.8, 4) is 0 Å². The molecule has 1 aliphatic heterocycles. The third kappa shape index (κ3) is 2.43. The maximum Gasteiger partial charge on any atom is 0.313 e. The number of carbonyl (C=O) groups excluding carboxylic acids is 2. The highest BCUT2D eigenvalue weighted by Crippen LogP contribution is 2.34. The van der Waals surface area contributed by atoms with Crippen molar-refractivity contribution in [2.45, 2.75) is 19.4 Å². The lowest BCUT2D eigenvalue weighted by Gasteiger charge is -2.15. The monoisotopic (exact) mass is 235 g/mol. The molecule has 2 rings (SSSR count). The van der Waals surface area contributed by atoms with Crippen LogP contribution >= 0.6 is 0 Å². The van der Waals surface area contributed by atoms with E-state index >= 15 is 0 Å². The number of cyclic esters (lactones) is 1. The van der Waals surface area contributed by atoms with Gasteiger partial charge in [0.15, 0.2) is 6.10 Å². The summed E-state index contributed by atoms with van der Waals surface area (Å²) >= 11 is 0. The van der Waals surface area contributed by atoms with Crippen molar-refractivity contribution in [3.05, 3.63) is 30.1 Å². The van der Waals surface area contributed by atoms with E-state index in [2.05, 4.69) is 4.98 Å². The van der Waals surface area contributed by atoms with E-state index in [1.54, 1.807) is 31.3 Å². The molecule has 1 aliphatic rings. The molecule has 0 amide bonds. The number of pyridine rings is 1. The minimum Gasteiger partial charge on any atom is -0.466 e. The Morgan fingerprint density at radius 1 is 1.59 bits per heavy atom. The molecule has 2 atom stereocenters. The first-order valence-corrected chi connectivity index (χ1v) is 5.49. The predicted octanol–water partition coefficient (Wildman–Crippen LogP) is 1.25. The van der Waals surface area contributed by atoms with E-state index in [-0.39, 0.29) is 6.42 Å². The molecule has 1 aromatic rings. The van der Waals surface area contributed by atoms with Gasteiger partial charge in [-0.3, -0.25) is 14.6 Å². The summed E-state index contributed by atoms with van der Waals surface area (Å²) in [5.41, 5.74) is 0.580. The Morgan fingerprint density at radius 2 is 2.41 bits per heavy atom. The minimum atomic E-state index is -0.622. The van der Waals surface area contributed by atoms with Crippen LogP contribution in [-0.2, 0) is 19.1 Å². The molecule has 90 valence electrons. The molecule has 0 bridgehead atoms. The van der Waals surface area contributed by atoms with Gasteiger partial charge in [0.1, 0.15) is 5.92 Å². The van der Waals surface area contributed by atoms with Crippen LogP contribution in [0.5, 0.6) is 0 Å². The third-order valence-electron chi connectivity index (χ3n) is 2.58. The first kappa shape index (κ1) is 11.6. The van der Waals surface area contributed by atoms with Gasteiger partial charge in [-0.2, -0.15) is 0 Å². The molecular weight excluding hydrogens is 222 g/mol. The summed E-state index contributed by atoms with van der Waals surface area (Å²) in [4.78, 5) is 27.1. The number of carbonyl (C=O) groups is 2. The Balaban J connectivity index is 2.20. The fourth-order valence-electron chi connectivity index (χ4n) is 1.83. The maximum absolute atomic E-state index is 11.7. The van der Waals surface area contributed by atoms with Gasteiger partial charge in [-0.25, -0.2) is 0 Å². The van der Waals surface area contributed by atoms with Crippen molar-refractivity contribution in [1.29, 1.82) is 0 Å². The molecule has 1 fully saturated rings. The van der Waals surface area contributed by atoms with Gasteiger partial charge >= 0.3 is 11.9 Å². The SMILES string of the molecule is CCOC(=O)[C@H]1CC(=O)O[C@@H]1c1ccccn1. The summed E-state index contributed by atoms with van der Waals surface area (Å²) in [5, 5.41) is 0. The Labute approximate surface area is 98.7 Å². The molecule has 5 nitrogen and oxygen atoms in total. The molecule has 0 radical (unpaired) electrons. The third-order valence-corrected chi connectivity index (χ3v) is 2.58. The van der Waals surface area contributed by atoms with E-state index in [1.807, 2.05) is 0 Å². The number of rotatable bonds is 3. The number of hydrogen-bond acceptors (Lipinski definition) is 5. The van der Waals surface area contributed by atoms with Crippen LogP contribution in [0.15, 0.2) is 24.4 Å². The van der Waals surface area contributed by atoms with Gasteiger partial charge in [-0.15, -0.1) is 0 Å². The van der Waals surface area contributed by atoms with Crippen LogP contribution in [-0.4, -0.2) is 23.5 Å². The van der Waals surface area contributed by atoms with Crippen LogP contribution in [0.2, 0.25) is 0 Å². The summed E-state index contributed by atoms with van der Waals surface area (Å²) in [6.07, 6.45) is 1.03. The highest BCUT2D eigenvalue weighted by Gasteiger charge is 2.42. The highest BCUT2D eigenvalue weighted by atomic mass is 16.6. The Hall–Kier alpha value is -1.91. The molecule has 0 aliphatic carbocycles. The van der Waals surface area contributed by atoms with Gasteiger partial charge in [-0.1, -0.05) is 6.07 Å². The number of hydrogen-bond donors (Lipinski definition) is 0. The van der Waals surface area contributed by atoms with Crippen LogP contribution in [0.25, 0.3) is 0 Å². The summed E-state index contributed by atoms with van der Waals surface area (Å²) in [5.74, 6) is -1.38. The molecule has 0 aromatic carbocycles. The first-order valence-electron chi connectivity index (χ1n) is 5.49. The molecular formula is C12H13NO4. The van der Waals surface area contributed by atoms with Crippen molar-refractivity contribution in [2.24, 2.45) is 5.92 Å². The van der Waals surface area contributed by atoms with Gasteiger partial charge in [0.25, 0.3) is 0 Å². The Morgan fingerprint density at radius 3 is 3.06 bits per heavy atom. The van der Waals surface area contributed by atoms with E-state index in [9.17, 15) is 9.59 Å². The van der Waals surface area contributed by atoms with Crippen LogP contribution in [0.1, 0.15) is 25.1 Å². The van der Waals surface area contributed by atoms with Crippen molar-refractivity contribution in [3.63, 3.8) is 0 Å². The molecule has 2 heterocycles. The van der Waals surface area contributed by atoms with E-state index in [1.165, 1.54) is 0 Å². The largest absolute Gasteiger partial charge is 0.466 e. The fourth-order valence-corrected chi connectivity index (χ4v) is 1.83. The molecule has 0 N–H and O–H groups in total. The van der Waals surface area contributed by atoms with Crippen LogP contribution in [0.4, 0.5) is 0 Å². The lowest BCUT2D eigenvalue weighted by molar-refractivity contribution is -0.150. The predicted molar refractivity (Wildman–Crippen MR) is 57.8 cm³/mol. The van der Waals surface area contributed by atoms with Crippen LogP contribution in [0, 0.1) is 5.92 Å². The van der Waals surface area contributed by atoms with E-state index < -0.39 is 24.0 Å². The number of esters is 2. The average Bonchev–Trinajstić information content (AvgIpc) is 2.73. The van der Waals surface area contributed by atoms with Gasteiger partial charge in [0.2, 0.25) is 0 Å². The van der Waals surface area contributed by atoms with E-state index in [4.69, 9.17) is 9.47 Å². The van der Waals surface area contributed by atoms with Crippen molar-refractivity contribution in [2.75, 3.05) is 6.61 Å². The zero-order valence-electron chi connectivity index (χ0n) is 9.46. The second-order valence-electron chi connectivity index (χ2n) is 3.73. The highest BCUT2D eigenvalue weighted by molar-refractivity contribution is 5.83. The van der Waals surface area contributed by atoms with Crippen molar-refractivity contribution < 1.29 is 19.1 Å². The molecule has 17 heavy (non-hydrogen) atoms. The number of ether oxygens (including phenoxy) is 2. The zero-order chi connectivity index (χ0) is 12.3. The quantitative estimate of drug-likeness (QED) is 0.737. The second kappa shape index (κ2) is 4.95. The standard InChI is InChI=1S/C12H13NO4/c1-2-16-12(15)8-7-10(14)17-11(8)9-5-3-4-6-13-9/h3-6,8,11H,2,7H2,1H3/t8-,11-/m0/s1. The number of nitrogens with zero attached hydrogens (tertiary/aromatic N) is 1. The van der Waals surface area contributed by atoms with Gasteiger partial charge in [0.05, 0.1) is 18.7 Å². The molecule has 5 heteroatoms. The minimum absolute atomic E-state index is 0.0556. The average molecular weight is 235 g/mol. The Kier molecular flexibility index (Phi) is 3.37. The first-order chi connectivity index (χ1) is 8.22. The van der Waals surface area contributed by atoms with E-state index in [0.29, 0.717) is 12.3 Å². The zero-order valence-corrected chi connectivity index (χ0v) is 9.46. The molecule has 0 spiro atoms. The summed E-state index contributed by atoms with van der Waals surface area (Å²) < 4.78 is 10.1. The lowest BCUT2D eigenvalue weighted by Crippen LogP contribution is -2.21. The molecule has 0 saturated carbocycles. The number of aromatic nitrogens is 1.